The van der Waals surface area contributed by atoms with Gasteiger partial charge in [0.2, 0.25) is 0 Å². The topological polar surface area (TPSA) is 82.8 Å². The first-order valence-electron chi connectivity index (χ1n) is 4.24. The summed E-state index contributed by atoms with van der Waals surface area (Å²) in [6.07, 6.45) is 3.09. The van der Waals surface area contributed by atoms with Gasteiger partial charge in [0.1, 0.15) is 12.4 Å². The molecule has 1 aromatic rings. The SMILES string of the molecule is O=COC(=O)/C=C\C(=O)OCc1ccco1. The average Bonchev–Trinajstić information content (AvgIpc) is 2.77. The van der Waals surface area contributed by atoms with Crippen LogP contribution in [-0.4, -0.2) is 18.4 Å². The second kappa shape index (κ2) is 6.18. The van der Waals surface area contributed by atoms with E-state index in [2.05, 4.69) is 4.74 Å². The molecule has 0 aliphatic carbocycles. The lowest BCUT2D eigenvalue weighted by Gasteiger charge is -1.97. The molecule has 0 saturated carbocycles. The average molecular weight is 224 g/mol. The summed E-state index contributed by atoms with van der Waals surface area (Å²) < 4.78 is 13.5. The van der Waals surface area contributed by atoms with E-state index in [1.54, 1.807) is 12.1 Å². The Hall–Kier alpha value is -2.37. The molecule has 1 heterocycles. The Morgan fingerprint density at radius 2 is 2.06 bits per heavy atom. The van der Waals surface area contributed by atoms with E-state index in [4.69, 9.17) is 9.15 Å². The number of hydrogen-bond donors (Lipinski definition) is 0. The van der Waals surface area contributed by atoms with Gasteiger partial charge in [-0.1, -0.05) is 0 Å². The van der Waals surface area contributed by atoms with Crippen molar-refractivity contribution in [1.29, 1.82) is 0 Å². The van der Waals surface area contributed by atoms with Crippen LogP contribution < -0.4 is 0 Å². The normalized spacial score (nSPS) is 10.0. The van der Waals surface area contributed by atoms with Crippen molar-refractivity contribution < 1.29 is 28.3 Å². The summed E-state index contributed by atoms with van der Waals surface area (Å²) >= 11 is 0. The molecule has 0 aromatic carbocycles. The predicted molar refractivity (Wildman–Crippen MR) is 49.8 cm³/mol. The van der Waals surface area contributed by atoms with Crippen LogP contribution in [0.3, 0.4) is 0 Å². The van der Waals surface area contributed by atoms with Gasteiger partial charge in [0.05, 0.1) is 6.26 Å². The van der Waals surface area contributed by atoms with Gasteiger partial charge in [-0.05, 0) is 12.1 Å². The Bertz CT molecular complexity index is 389. The van der Waals surface area contributed by atoms with Gasteiger partial charge >= 0.3 is 18.4 Å². The van der Waals surface area contributed by atoms with E-state index < -0.39 is 11.9 Å². The van der Waals surface area contributed by atoms with Crippen molar-refractivity contribution in [2.75, 3.05) is 0 Å². The van der Waals surface area contributed by atoms with E-state index in [-0.39, 0.29) is 13.1 Å². The molecule has 1 aromatic heterocycles. The molecule has 0 aliphatic rings. The van der Waals surface area contributed by atoms with Crippen LogP contribution in [0.4, 0.5) is 0 Å². The van der Waals surface area contributed by atoms with Crippen molar-refractivity contribution in [1.82, 2.24) is 0 Å². The maximum atomic E-state index is 11.0. The number of esters is 2. The van der Waals surface area contributed by atoms with E-state index in [1.165, 1.54) is 6.26 Å². The molecule has 6 nitrogen and oxygen atoms in total. The molecule has 16 heavy (non-hydrogen) atoms. The zero-order valence-corrected chi connectivity index (χ0v) is 8.12. The van der Waals surface area contributed by atoms with Crippen LogP contribution in [0, 0.1) is 0 Å². The Morgan fingerprint density at radius 1 is 1.31 bits per heavy atom. The summed E-state index contributed by atoms with van der Waals surface area (Å²) in [5, 5.41) is 0. The fourth-order valence-electron chi connectivity index (χ4n) is 0.808. The fraction of sp³-hybridized carbons (Fsp3) is 0.100. The highest BCUT2D eigenvalue weighted by atomic mass is 16.6. The molecule has 0 spiro atoms. The minimum Gasteiger partial charge on any atom is -0.466 e. The van der Waals surface area contributed by atoms with Crippen molar-refractivity contribution in [3.8, 4) is 0 Å². The highest BCUT2D eigenvalue weighted by Crippen LogP contribution is 2.01. The highest BCUT2D eigenvalue weighted by molar-refractivity contribution is 5.93. The van der Waals surface area contributed by atoms with Crippen LogP contribution in [0.5, 0.6) is 0 Å². The van der Waals surface area contributed by atoms with Gasteiger partial charge in [-0.2, -0.15) is 0 Å². The molecule has 1 rings (SSSR count). The zero-order chi connectivity index (χ0) is 11.8. The third-order valence-electron chi connectivity index (χ3n) is 1.46. The number of furan rings is 1. The molecule has 0 radical (unpaired) electrons. The number of ether oxygens (including phenoxy) is 2. The van der Waals surface area contributed by atoms with Gasteiger partial charge in [-0.3, -0.25) is 4.79 Å². The molecular weight excluding hydrogens is 216 g/mol. The largest absolute Gasteiger partial charge is 0.466 e. The number of carbonyl (C=O) groups excluding carboxylic acids is 3. The maximum Gasteiger partial charge on any atom is 0.338 e. The molecule has 0 N–H and O–H groups in total. The monoisotopic (exact) mass is 224 g/mol. The summed E-state index contributed by atoms with van der Waals surface area (Å²) in [6, 6.07) is 3.29. The molecule has 0 bridgehead atoms. The quantitative estimate of drug-likeness (QED) is 0.315. The Labute approximate surface area is 90.4 Å². The van der Waals surface area contributed by atoms with Crippen molar-refractivity contribution in [3.63, 3.8) is 0 Å². The Kier molecular flexibility index (Phi) is 4.52. The first kappa shape index (κ1) is 11.7. The fourth-order valence-corrected chi connectivity index (χ4v) is 0.808. The summed E-state index contributed by atoms with van der Waals surface area (Å²) in [5.74, 6) is -1.19. The smallest absolute Gasteiger partial charge is 0.338 e. The first-order chi connectivity index (χ1) is 7.72. The van der Waals surface area contributed by atoms with E-state index in [9.17, 15) is 14.4 Å². The molecule has 0 unspecified atom stereocenters. The van der Waals surface area contributed by atoms with Gasteiger partial charge in [0.15, 0.2) is 0 Å². The summed E-state index contributed by atoms with van der Waals surface area (Å²) in [5.41, 5.74) is 0. The lowest BCUT2D eigenvalue weighted by Crippen LogP contribution is -2.03. The van der Waals surface area contributed by atoms with Crippen molar-refractivity contribution in [2.45, 2.75) is 6.61 Å². The van der Waals surface area contributed by atoms with Crippen LogP contribution in [0.1, 0.15) is 5.76 Å². The van der Waals surface area contributed by atoms with Crippen LogP contribution in [0.25, 0.3) is 0 Å². The van der Waals surface area contributed by atoms with E-state index >= 15 is 0 Å². The molecule has 0 saturated heterocycles. The minimum absolute atomic E-state index is 0.0269. The van der Waals surface area contributed by atoms with E-state index in [0.717, 1.165) is 12.2 Å². The number of carbonyl (C=O) groups is 3. The molecule has 0 atom stereocenters. The van der Waals surface area contributed by atoms with Gasteiger partial charge in [-0.25, -0.2) is 9.59 Å². The molecule has 6 heteroatoms. The molecule has 0 fully saturated rings. The third kappa shape index (κ3) is 4.23. The second-order valence-corrected chi connectivity index (χ2v) is 2.55. The Morgan fingerprint density at radius 3 is 2.69 bits per heavy atom. The van der Waals surface area contributed by atoms with Gasteiger partial charge < -0.3 is 13.9 Å². The second-order valence-electron chi connectivity index (χ2n) is 2.55. The van der Waals surface area contributed by atoms with Crippen molar-refractivity contribution in [3.05, 3.63) is 36.3 Å². The first-order valence-corrected chi connectivity index (χ1v) is 4.24. The molecule has 0 aliphatic heterocycles. The van der Waals surface area contributed by atoms with Gasteiger partial charge in [0.25, 0.3) is 0 Å². The van der Waals surface area contributed by atoms with E-state index in [1.807, 2.05) is 0 Å². The summed E-state index contributed by atoms with van der Waals surface area (Å²) in [7, 11) is 0. The standard InChI is InChI=1S/C10H8O6/c11-7-16-10(13)4-3-9(12)15-6-8-2-1-5-14-8/h1-5,7H,6H2/b4-3-. The lowest BCUT2D eigenvalue weighted by molar-refractivity contribution is -0.148. The maximum absolute atomic E-state index is 11.0. The van der Waals surface area contributed by atoms with Gasteiger partial charge in [-0.15, -0.1) is 0 Å². The Balaban J connectivity index is 2.30. The minimum atomic E-state index is -0.940. The third-order valence-corrected chi connectivity index (χ3v) is 1.46. The van der Waals surface area contributed by atoms with Crippen molar-refractivity contribution in [2.24, 2.45) is 0 Å². The zero-order valence-electron chi connectivity index (χ0n) is 8.12. The lowest BCUT2D eigenvalue weighted by atomic mass is 10.4. The van der Waals surface area contributed by atoms with E-state index in [0.29, 0.717) is 5.76 Å². The highest BCUT2D eigenvalue weighted by Gasteiger charge is 2.02. The number of rotatable bonds is 5. The van der Waals surface area contributed by atoms with Gasteiger partial charge in [0, 0.05) is 12.2 Å². The molecule has 0 amide bonds. The van der Waals surface area contributed by atoms with Crippen molar-refractivity contribution >= 4 is 18.4 Å². The van der Waals surface area contributed by atoms with Crippen LogP contribution in [0.15, 0.2) is 35.0 Å². The number of hydrogen-bond acceptors (Lipinski definition) is 6. The van der Waals surface area contributed by atoms with Crippen LogP contribution >= 0.6 is 0 Å². The molecule has 84 valence electrons. The summed E-state index contributed by atoms with van der Waals surface area (Å²) in [6.45, 7) is -0.0558. The molecular formula is C10H8O6. The summed E-state index contributed by atoms with van der Waals surface area (Å²) in [4.78, 5) is 31.3. The van der Waals surface area contributed by atoms with Crippen LogP contribution in [-0.2, 0) is 30.5 Å². The van der Waals surface area contributed by atoms with Crippen LogP contribution in [0.2, 0.25) is 0 Å². The predicted octanol–water partition coefficient (Wildman–Crippen LogP) is 0.579.